The Morgan fingerprint density at radius 1 is 0.939 bits per heavy atom. The molecule has 6 heterocycles. The largest absolute Gasteiger partial charge is 0.496 e. The van der Waals surface area contributed by atoms with E-state index in [1.54, 1.807) is 7.11 Å². The Bertz CT molecular complexity index is 2550. The van der Waals surface area contributed by atoms with Crippen molar-refractivity contribution in [3.8, 4) is 5.75 Å². The molecule has 360 valence electrons. The lowest BCUT2D eigenvalue weighted by Crippen LogP contribution is -2.81. The topological polar surface area (TPSA) is 218 Å². The molecule has 1 spiro atoms. The van der Waals surface area contributed by atoms with Gasteiger partial charge in [0.15, 0.2) is 6.10 Å². The molecule has 6 aliphatic rings. The van der Waals surface area contributed by atoms with Crippen molar-refractivity contribution in [3.05, 3.63) is 70.9 Å². The molecule has 4 N–H and O–H groups in total. The van der Waals surface area contributed by atoms with Crippen LogP contribution in [0.4, 0.5) is 5.69 Å². The Hall–Kier alpha value is -4.56. The quantitative estimate of drug-likeness (QED) is 0.109. The fourth-order valence-electron chi connectivity index (χ4n) is 13.7. The van der Waals surface area contributed by atoms with Gasteiger partial charge in [-0.3, -0.25) is 23.2 Å². The van der Waals surface area contributed by atoms with E-state index in [1.807, 2.05) is 50.1 Å². The number of hydrogen-bond donors (Lipinski definition) is 4. The summed E-state index contributed by atoms with van der Waals surface area (Å²) in [6.45, 7) is 8.77. The number of nitrogens with one attached hydrogen (secondary N) is 1. The minimum absolute atomic E-state index is 0.103. The number of fused-ring (bicyclic) bond motifs is 6. The van der Waals surface area contributed by atoms with Crippen molar-refractivity contribution >= 4 is 44.9 Å². The number of likely N-dealkylation sites (N-methyl/N-ethyl adjacent to an activating group) is 1. The number of nitrogens with zero attached hydrogens (tertiary/aromatic N) is 3. The van der Waals surface area contributed by atoms with Gasteiger partial charge < -0.3 is 43.9 Å². The van der Waals surface area contributed by atoms with Crippen LogP contribution in [-0.4, -0.2) is 153 Å². The van der Waals surface area contributed by atoms with E-state index >= 15 is 4.79 Å². The number of piperidine rings is 1. The van der Waals surface area contributed by atoms with Crippen molar-refractivity contribution < 1.29 is 60.7 Å². The highest BCUT2D eigenvalue weighted by atomic mass is 32.3. The lowest BCUT2D eigenvalue weighted by Gasteiger charge is -2.63. The monoisotopic (exact) mass is 936 g/mol. The van der Waals surface area contributed by atoms with Gasteiger partial charge in [0, 0.05) is 84.4 Å². The average molecular weight is 937 g/mol. The second kappa shape index (κ2) is 17.2. The molecule has 1 aliphatic carbocycles. The van der Waals surface area contributed by atoms with Crippen LogP contribution in [0.2, 0.25) is 0 Å². The third-order valence-corrected chi connectivity index (χ3v) is 16.5. The molecule has 1 saturated carbocycles. The molecule has 2 aromatic carbocycles. The summed E-state index contributed by atoms with van der Waals surface area (Å²) in [5.74, 6) is -1.56. The SMILES string of the molecule is CC[C@]1(O)CC2CN(CCCc3c([nH]c4ccccc34)[C@@](C(=O)OC)(c3cc4c(cc3OC)N(C)C3C45CCN4CC=C[C@](CC)(C45)C(OC(C)=O)[C@@]3(O)C(=O)OC)C2)C1.COS(=O)(=O)O. The van der Waals surface area contributed by atoms with Gasteiger partial charge in [0.05, 0.1) is 40.1 Å². The van der Waals surface area contributed by atoms with E-state index in [0.29, 0.717) is 76.0 Å². The van der Waals surface area contributed by atoms with E-state index < -0.39 is 67.9 Å². The van der Waals surface area contributed by atoms with Crippen LogP contribution < -0.4 is 9.64 Å². The highest BCUT2D eigenvalue weighted by molar-refractivity contribution is 7.80. The third-order valence-electron chi connectivity index (χ3n) is 16.0. The number of benzene rings is 2. The van der Waals surface area contributed by atoms with Crippen molar-refractivity contribution in [2.45, 2.75) is 106 Å². The van der Waals surface area contributed by atoms with Crippen LogP contribution in [0, 0.1) is 11.3 Å². The lowest BCUT2D eigenvalue weighted by molar-refractivity contribution is -0.228. The molecular weight excluding hydrogens is 873 g/mol. The van der Waals surface area contributed by atoms with Gasteiger partial charge in [0.25, 0.3) is 0 Å². The summed E-state index contributed by atoms with van der Waals surface area (Å²) in [6, 6.07) is 11.0. The van der Waals surface area contributed by atoms with Gasteiger partial charge in [0.1, 0.15) is 11.2 Å². The van der Waals surface area contributed by atoms with Crippen LogP contribution in [0.5, 0.6) is 5.75 Å². The van der Waals surface area contributed by atoms with Crippen molar-refractivity contribution in [3.63, 3.8) is 0 Å². The van der Waals surface area contributed by atoms with Crippen LogP contribution in [0.25, 0.3) is 10.9 Å². The third kappa shape index (κ3) is 7.07. The van der Waals surface area contributed by atoms with Crippen LogP contribution in [0.1, 0.15) is 81.7 Å². The average Bonchev–Trinajstić information content (AvgIpc) is 3.95. The molecule has 9 rings (SSSR count). The predicted molar refractivity (Wildman–Crippen MR) is 244 cm³/mol. The Balaban J connectivity index is 0.000000926. The number of ether oxygens (including phenoxy) is 4. The summed E-state index contributed by atoms with van der Waals surface area (Å²) >= 11 is 0. The maximum absolute atomic E-state index is 15.4. The van der Waals surface area contributed by atoms with Gasteiger partial charge >= 0.3 is 28.3 Å². The van der Waals surface area contributed by atoms with E-state index in [-0.39, 0.29) is 12.0 Å². The van der Waals surface area contributed by atoms with Gasteiger partial charge in [-0.1, -0.05) is 44.2 Å². The number of hydrogen-bond acceptors (Lipinski definition) is 15. The molecule has 3 fully saturated rings. The van der Waals surface area contributed by atoms with E-state index in [9.17, 15) is 28.2 Å². The number of carbonyl (C=O) groups excluding carboxylic acids is 3. The number of esters is 3. The Labute approximate surface area is 386 Å². The number of aryl methyl sites for hydroxylation is 1. The first-order valence-electron chi connectivity index (χ1n) is 22.8. The van der Waals surface area contributed by atoms with E-state index in [4.69, 9.17) is 23.5 Å². The van der Waals surface area contributed by atoms with Crippen molar-refractivity contribution in [2.75, 3.05) is 73.1 Å². The molecule has 18 heteroatoms. The van der Waals surface area contributed by atoms with Gasteiger partial charge in [-0.2, -0.15) is 8.42 Å². The Morgan fingerprint density at radius 2 is 1.65 bits per heavy atom. The maximum atomic E-state index is 15.4. The van der Waals surface area contributed by atoms with Crippen molar-refractivity contribution in [1.29, 1.82) is 0 Å². The zero-order chi connectivity index (χ0) is 47.8. The minimum Gasteiger partial charge on any atom is -0.496 e. The Morgan fingerprint density at radius 3 is 2.29 bits per heavy atom. The standard InChI is InChI=1S/C47H60N4O9.CH4O4S/c1-8-43(55)24-29-25-46(41(53)58-6,37-31(15-12-19-50(26-29)27-43)30-14-10-11-16-34(30)48-37)33-22-32-35(23-36(33)57-5)49(4)39-45(32)18-21-51-20-13-17-44(9-2,38(45)51)40(60-28(3)52)47(39,56)42(54)59-7;1-5-6(2,3)4/h10-11,13-14,16-17,22-23,29,38-40,48,55-56H,8-9,12,15,18-21,24-27H2,1-7H3;1H3,(H,2,3,4)/t29?,38?,39?,40?,43-,44+,45?,46-,47+;/m0./s1. The fourth-order valence-corrected chi connectivity index (χ4v) is 13.7. The smallest absolute Gasteiger partial charge is 0.397 e. The second-order valence-corrected chi connectivity index (χ2v) is 20.3. The number of rotatable bonds is 8. The Kier molecular flexibility index (Phi) is 12.5. The molecule has 5 aliphatic heterocycles. The van der Waals surface area contributed by atoms with Crippen LogP contribution in [0.3, 0.4) is 0 Å². The van der Waals surface area contributed by atoms with Gasteiger partial charge in [-0.15, -0.1) is 0 Å². The van der Waals surface area contributed by atoms with E-state index in [0.717, 1.165) is 53.5 Å². The van der Waals surface area contributed by atoms with Gasteiger partial charge in [0.2, 0.25) is 5.60 Å². The summed E-state index contributed by atoms with van der Waals surface area (Å²) < 4.78 is 53.7. The summed E-state index contributed by atoms with van der Waals surface area (Å²) in [4.78, 5) is 53.3. The number of H-pyrrole nitrogens is 1. The van der Waals surface area contributed by atoms with Crippen molar-refractivity contribution in [1.82, 2.24) is 14.8 Å². The number of aliphatic hydroxyl groups is 2. The fraction of sp³-hybridized carbons (Fsp3) is 0.604. The van der Waals surface area contributed by atoms with Crippen LogP contribution in [0.15, 0.2) is 48.6 Å². The molecule has 1 aromatic heterocycles. The van der Waals surface area contributed by atoms with Gasteiger partial charge in [-0.25, -0.2) is 4.79 Å². The number of aromatic nitrogens is 1. The maximum Gasteiger partial charge on any atom is 0.397 e. The summed E-state index contributed by atoms with van der Waals surface area (Å²) in [6.07, 6.45) is 6.84. The zero-order valence-corrected chi connectivity index (χ0v) is 39.9. The molecule has 2 bridgehead atoms. The molecule has 0 radical (unpaired) electrons. The second-order valence-electron chi connectivity index (χ2n) is 19.2. The number of methoxy groups -OCH3 is 3. The number of para-hydroxylation sites is 1. The van der Waals surface area contributed by atoms with E-state index in [1.165, 1.54) is 21.1 Å². The normalized spacial score (nSPS) is 34.5. The molecule has 66 heavy (non-hydrogen) atoms. The van der Waals surface area contributed by atoms with E-state index in [2.05, 4.69) is 43.3 Å². The first-order valence-corrected chi connectivity index (χ1v) is 24.2. The number of anilines is 1. The molecular formula is C48H64N4O13S. The molecule has 2 saturated heterocycles. The molecule has 6 unspecified atom stereocenters. The summed E-state index contributed by atoms with van der Waals surface area (Å²) in [7, 11) is 2.88. The summed E-state index contributed by atoms with van der Waals surface area (Å²) in [5.41, 5.74) is -1.58. The first kappa shape index (κ1) is 47.9. The van der Waals surface area contributed by atoms with Gasteiger partial charge in [-0.05, 0) is 87.2 Å². The highest BCUT2D eigenvalue weighted by Gasteiger charge is 2.80. The molecule has 17 nitrogen and oxygen atoms in total. The predicted octanol–water partition coefficient (Wildman–Crippen LogP) is 3.82. The highest BCUT2D eigenvalue weighted by Crippen LogP contribution is 2.68. The molecule has 10 atom stereocenters. The summed E-state index contributed by atoms with van der Waals surface area (Å²) in [5, 5.41) is 26.4. The number of carbonyl (C=O) groups is 3. The molecule has 3 aromatic rings. The van der Waals surface area contributed by atoms with Crippen LogP contribution >= 0.6 is 0 Å². The van der Waals surface area contributed by atoms with Crippen LogP contribution in [-0.2, 0) is 60.4 Å². The minimum atomic E-state index is -4.16. The molecule has 0 amide bonds. The van der Waals surface area contributed by atoms with Crippen molar-refractivity contribution in [2.24, 2.45) is 11.3 Å². The number of aromatic amines is 1. The lowest BCUT2D eigenvalue weighted by atomic mass is 9.47. The first-order chi connectivity index (χ1) is 31.3. The zero-order valence-electron chi connectivity index (χ0n) is 39.1.